The Labute approximate surface area is 128 Å². The van der Waals surface area contributed by atoms with Crippen molar-refractivity contribution in [1.82, 2.24) is 0 Å². The van der Waals surface area contributed by atoms with Gasteiger partial charge >= 0.3 is 0 Å². The summed E-state index contributed by atoms with van der Waals surface area (Å²) in [5.41, 5.74) is 6.86. The number of nitrogens with two attached hydrogens (primary N) is 1. The van der Waals surface area contributed by atoms with Gasteiger partial charge in [-0.1, -0.05) is 23.7 Å². The van der Waals surface area contributed by atoms with E-state index in [1.165, 1.54) is 12.1 Å². The average molecular weight is 322 g/mol. The summed E-state index contributed by atoms with van der Waals surface area (Å²) in [5, 5.41) is 9.09. The first kappa shape index (κ1) is 15.2. The molecule has 2 aromatic rings. The molecule has 2 aromatic carbocycles. The van der Waals surface area contributed by atoms with E-state index in [9.17, 15) is 8.42 Å². The first-order chi connectivity index (χ1) is 9.85. The molecule has 5 nitrogen and oxygen atoms in total. The maximum absolute atomic E-state index is 12.5. The lowest BCUT2D eigenvalue weighted by Crippen LogP contribution is -2.16. The van der Waals surface area contributed by atoms with Crippen molar-refractivity contribution in [2.24, 2.45) is 0 Å². The zero-order valence-electron chi connectivity index (χ0n) is 11.1. The number of nitriles is 1. The van der Waals surface area contributed by atoms with E-state index in [4.69, 9.17) is 22.6 Å². The van der Waals surface area contributed by atoms with Crippen LogP contribution in [0.2, 0.25) is 5.02 Å². The lowest BCUT2D eigenvalue weighted by atomic mass is 10.2. The normalized spacial score (nSPS) is 10.9. The number of nitrogens with zero attached hydrogens (tertiary/aromatic N) is 1. The summed E-state index contributed by atoms with van der Waals surface area (Å²) in [6.07, 6.45) is 0. The largest absolute Gasteiger partial charge is 0.397 e. The monoisotopic (exact) mass is 321 g/mol. The lowest BCUT2D eigenvalue weighted by molar-refractivity contribution is 0.600. The second kappa shape index (κ2) is 5.64. The molecule has 0 spiro atoms. The van der Waals surface area contributed by atoms with Gasteiger partial charge in [0.25, 0.3) is 10.0 Å². The highest BCUT2D eigenvalue weighted by Crippen LogP contribution is 2.30. The van der Waals surface area contributed by atoms with Gasteiger partial charge in [-0.3, -0.25) is 4.72 Å². The van der Waals surface area contributed by atoms with Crippen LogP contribution in [0.4, 0.5) is 11.4 Å². The van der Waals surface area contributed by atoms with Crippen LogP contribution in [-0.4, -0.2) is 8.42 Å². The maximum atomic E-state index is 12.5. The van der Waals surface area contributed by atoms with Crippen molar-refractivity contribution in [2.45, 2.75) is 11.8 Å². The minimum absolute atomic E-state index is 0.0147. The first-order valence-corrected chi connectivity index (χ1v) is 7.79. The number of para-hydroxylation sites is 1. The summed E-state index contributed by atoms with van der Waals surface area (Å²) in [6, 6.07) is 11.0. The van der Waals surface area contributed by atoms with E-state index in [0.29, 0.717) is 5.56 Å². The number of halogens is 1. The Morgan fingerprint density at radius 2 is 2.00 bits per heavy atom. The fraction of sp³-hybridized carbons (Fsp3) is 0.0714. The number of nitrogens with one attached hydrogen (secondary N) is 1. The number of anilines is 2. The van der Waals surface area contributed by atoms with Gasteiger partial charge in [-0.15, -0.1) is 0 Å². The van der Waals surface area contributed by atoms with Crippen molar-refractivity contribution in [3.8, 4) is 6.07 Å². The summed E-state index contributed by atoms with van der Waals surface area (Å²) >= 11 is 5.96. The molecule has 21 heavy (non-hydrogen) atoms. The minimum atomic E-state index is -3.89. The molecule has 2 rings (SSSR count). The van der Waals surface area contributed by atoms with Crippen molar-refractivity contribution in [3.63, 3.8) is 0 Å². The first-order valence-electron chi connectivity index (χ1n) is 5.92. The predicted molar refractivity (Wildman–Crippen MR) is 82.6 cm³/mol. The number of sulfonamides is 1. The molecule has 0 aliphatic carbocycles. The zero-order chi connectivity index (χ0) is 15.6. The number of rotatable bonds is 3. The molecule has 0 saturated heterocycles. The van der Waals surface area contributed by atoms with E-state index in [1.54, 1.807) is 31.2 Å². The molecule has 0 fully saturated rings. The Hall–Kier alpha value is -2.23. The average Bonchev–Trinajstić information content (AvgIpc) is 2.43. The van der Waals surface area contributed by atoms with Crippen molar-refractivity contribution in [2.75, 3.05) is 10.5 Å². The van der Waals surface area contributed by atoms with Crippen LogP contribution in [0.5, 0.6) is 0 Å². The highest BCUT2D eigenvalue weighted by atomic mass is 35.5. The van der Waals surface area contributed by atoms with Gasteiger partial charge in [0.2, 0.25) is 0 Å². The standard InChI is InChI=1S/C14H12ClN3O2S/c1-9-5-6-10(8-16)7-13(9)21(19,20)18-14-11(15)3-2-4-12(14)17/h2-7,18H,17H2,1H3. The van der Waals surface area contributed by atoms with Crippen molar-refractivity contribution in [3.05, 3.63) is 52.5 Å². The van der Waals surface area contributed by atoms with Crippen molar-refractivity contribution < 1.29 is 8.42 Å². The quantitative estimate of drug-likeness (QED) is 0.849. The van der Waals surface area contributed by atoms with Crippen LogP contribution >= 0.6 is 11.6 Å². The van der Waals surface area contributed by atoms with Crippen molar-refractivity contribution >= 4 is 33.0 Å². The summed E-state index contributed by atoms with van der Waals surface area (Å²) < 4.78 is 27.3. The third kappa shape index (κ3) is 3.10. The van der Waals surface area contributed by atoms with Crippen molar-refractivity contribution in [1.29, 1.82) is 5.26 Å². The van der Waals surface area contributed by atoms with E-state index in [2.05, 4.69) is 4.72 Å². The van der Waals surface area contributed by atoms with Crippen LogP contribution in [0.15, 0.2) is 41.3 Å². The van der Waals surface area contributed by atoms with Gasteiger partial charge in [-0.2, -0.15) is 5.26 Å². The van der Waals surface area contributed by atoms with Gasteiger partial charge in [0.1, 0.15) is 0 Å². The summed E-state index contributed by atoms with van der Waals surface area (Å²) in [4.78, 5) is 0.0147. The molecule has 0 saturated carbocycles. The Morgan fingerprint density at radius 1 is 1.29 bits per heavy atom. The second-order valence-corrected chi connectivity index (χ2v) is 6.46. The van der Waals surface area contributed by atoms with Crippen LogP contribution in [-0.2, 0) is 10.0 Å². The predicted octanol–water partition coefficient (Wildman–Crippen LogP) is 2.90. The SMILES string of the molecule is Cc1ccc(C#N)cc1S(=O)(=O)Nc1c(N)cccc1Cl. The molecule has 3 N–H and O–H groups in total. The molecule has 0 aromatic heterocycles. The van der Waals surface area contributed by atoms with Crippen LogP contribution in [0.3, 0.4) is 0 Å². The van der Waals surface area contributed by atoms with Gasteiger partial charge in [0, 0.05) is 0 Å². The fourth-order valence-corrected chi connectivity index (χ4v) is 3.46. The molecule has 0 bridgehead atoms. The number of hydrogen-bond acceptors (Lipinski definition) is 4. The molecule has 0 amide bonds. The molecular weight excluding hydrogens is 310 g/mol. The van der Waals surface area contributed by atoms with E-state index in [-0.39, 0.29) is 26.9 Å². The van der Waals surface area contributed by atoms with Crippen LogP contribution in [0.1, 0.15) is 11.1 Å². The van der Waals surface area contributed by atoms with Gasteiger partial charge in [0.15, 0.2) is 0 Å². The topological polar surface area (TPSA) is 96.0 Å². The van der Waals surface area contributed by atoms with Crippen LogP contribution in [0.25, 0.3) is 0 Å². The van der Waals surface area contributed by atoms with Gasteiger partial charge in [-0.05, 0) is 36.8 Å². The maximum Gasteiger partial charge on any atom is 0.262 e. The van der Waals surface area contributed by atoms with E-state index >= 15 is 0 Å². The molecule has 0 aliphatic heterocycles. The van der Waals surface area contributed by atoms with E-state index < -0.39 is 10.0 Å². The van der Waals surface area contributed by atoms with E-state index in [0.717, 1.165) is 0 Å². The van der Waals surface area contributed by atoms with Gasteiger partial charge in [0.05, 0.1) is 32.9 Å². The summed E-state index contributed by atoms with van der Waals surface area (Å²) in [5.74, 6) is 0. The highest BCUT2D eigenvalue weighted by Gasteiger charge is 2.20. The lowest BCUT2D eigenvalue weighted by Gasteiger charge is -2.13. The zero-order valence-corrected chi connectivity index (χ0v) is 12.7. The Morgan fingerprint density at radius 3 is 2.62 bits per heavy atom. The second-order valence-electron chi connectivity index (χ2n) is 4.40. The number of aryl methyl sites for hydroxylation is 1. The number of benzene rings is 2. The third-order valence-electron chi connectivity index (χ3n) is 2.89. The van der Waals surface area contributed by atoms with Gasteiger partial charge in [-0.25, -0.2) is 8.42 Å². The number of nitrogen functional groups attached to an aromatic ring is 1. The van der Waals surface area contributed by atoms with Crippen LogP contribution in [0, 0.1) is 18.3 Å². The highest BCUT2D eigenvalue weighted by molar-refractivity contribution is 7.92. The molecule has 0 unspecified atom stereocenters. The molecule has 0 radical (unpaired) electrons. The number of hydrogen-bond donors (Lipinski definition) is 2. The molecule has 0 atom stereocenters. The van der Waals surface area contributed by atoms with Crippen LogP contribution < -0.4 is 10.5 Å². The van der Waals surface area contributed by atoms with E-state index in [1.807, 2.05) is 6.07 Å². The molecule has 0 aliphatic rings. The molecular formula is C14H12ClN3O2S. The fourth-order valence-electron chi connectivity index (χ4n) is 1.80. The Bertz CT molecular complexity index is 822. The third-order valence-corrected chi connectivity index (χ3v) is 4.70. The minimum Gasteiger partial charge on any atom is -0.397 e. The summed E-state index contributed by atoms with van der Waals surface area (Å²) in [7, 11) is -3.89. The summed E-state index contributed by atoms with van der Waals surface area (Å²) in [6.45, 7) is 1.64. The molecule has 7 heteroatoms. The molecule has 0 heterocycles. The smallest absolute Gasteiger partial charge is 0.262 e. The Kier molecular flexibility index (Phi) is 4.07. The van der Waals surface area contributed by atoms with Gasteiger partial charge < -0.3 is 5.73 Å². The molecule has 108 valence electrons. The Balaban J connectivity index is 2.51.